The van der Waals surface area contributed by atoms with Crippen molar-refractivity contribution < 1.29 is 19.4 Å². The summed E-state index contributed by atoms with van der Waals surface area (Å²) in [6.07, 6.45) is 2.94. The molecule has 4 atom stereocenters. The fourth-order valence-electron chi connectivity index (χ4n) is 4.47. The van der Waals surface area contributed by atoms with Crippen LogP contribution in [-0.2, 0) is 16.0 Å². The zero-order valence-corrected chi connectivity index (χ0v) is 17.3. The molecule has 5 heteroatoms. The fraction of sp³-hybridized carbons (Fsp3) is 0.360. The number of hydrogen-bond donors (Lipinski definition) is 1. The first-order valence-corrected chi connectivity index (χ1v) is 10.4. The van der Waals surface area contributed by atoms with Crippen molar-refractivity contribution in [3.05, 3.63) is 77.9 Å². The van der Waals surface area contributed by atoms with Crippen molar-refractivity contribution in [3.8, 4) is 5.75 Å². The molecule has 0 aromatic heterocycles. The predicted octanol–water partition coefficient (Wildman–Crippen LogP) is 3.09. The van der Waals surface area contributed by atoms with E-state index < -0.39 is 23.7 Å². The van der Waals surface area contributed by atoms with Gasteiger partial charge in [-0.15, -0.1) is 0 Å². The fourth-order valence-corrected chi connectivity index (χ4v) is 4.47. The number of Topliss-reactive ketones (excluding diaryl/α,β-unsaturated/α-hetero) is 1. The van der Waals surface area contributed by atoms with Gasteiger partial charge in [-0.1, -0.05) is 60.2 Å². The molecule has 0 bridgehead atoms. The summed E-state index contributed by atoms with van der Waals surface area (Å²) in [6.45, 7) is 3.92. The molecule has 4 rings (SSSR count). The van der Waals surface area contributed by atoms with Crippen molar-refractivity contribution in [2.24, 2.45) is 5.41 Å². The van der Waals surface area contributed by atoms with Crippen molar-refractivity contribution in [1.82, 2.24) is 4.90 Å². The van der Waals surface area contributed by atoms with E-state index >= 15 is 0 Å². The number of amides is 1. The molecule has 0 radical (unpaired) electrons. The Bertz CT molecular complexity index is 953. The highest BCUT2D eigenvalue weighted by molar-refractivity contribution is 5.91. The van der Waals surface area contributed by atoms with E-state index in [4.69, 9.17) is 4.74 Å². The molecule has 2 aliphatic heterocycles. The predicted molar refractivity (Wildman–Crippen MR) is 114 cm³/mol. The Hall–Kier alpha value is -2.92. The van der Waals surface area contributed by atoms with E-state index in [2.05, 4.69) is 12.1 Å². The molecule has 5 nitrogen and oxygen atoms in total. The number of ketones is 1. The third-order valence-electron chi connectivity index (χ3n) is 6.37. The molecular formula is C25H27NO4. The highest BCUT2D eigenvalue weighted by Gasteiger charge is 2.59. The van der Waals surface area contributed by atoms with Gasteiger partial charge in [-0.2, -0.15) is 0 Å². The summed E-state index contributed by atoms with van der Waals surface area (Å²) in [5, 5.41) is 11.4. The lowest BCUT2D eigenvalue weighted by Crippen LogP contribution is -2.72. The molecule has 0 unspecified atom stereocenters. The number of ether oxygens (including phenoxy) is 1. The Morgan fingerprint density at radius 3 is 2.53 bits per heavy atom. The van der Waals surface area contributed by atoms with Crippen LogP contribution in [0.15, 0.2) is 66.7 Å². The zero-order valence-electron chi connectivity index (χ0n) is 17.3. The minimum absolute atomic E-state index is 0.0991. The quantitative estimate of drug-likeness (QED) is 0.592. The lowest BCUT2D eigenvalue weighted by molar-refractivity contribution is -0.178. The Morgan fingerprint density at radius 1 is 1.17 bits per heavy atom. The maximum atomic E-state index is 12.8. The van der Waals surface area contributed by atoms with Gasteiger partial charge in [-0.25, -0.2) is 0 Å². The number of para-hydroxylation sites is 1. The second-order valence-electron chi connectivity index (χ2n) is 8.26. The summed E-state index contributed by atoms with van der Waals surface area (Å²) in [6, 6.07) is 16.8. The molecule has 2 heterocycles. The minimum Gasteiger partial charge on any atom is -0.478 e. The lowest BCUT2D eigenvalue weighted by atomic mass is 9.69. The maximum absolute atomic E-state index is 12.8. The van der Waals surface area contributed by atoms with Gasteiger partial charge in [0.2, 0.25) is 0 Å². The Morgan fingerprint density at radius 2 is 1.87 bits per heavy atom. The van der Waals surface area contributed by atoms with Crippen LogP contribution in [0.4, 0.5) is 0 Å². The number of aryl methyl sites for hydroxylation is 2. The number of carbonyl (C=O) groups is 2. The van der Waals surface area contributed by atoms with Crippen LogP contribution >= 0.6 is 0 Å². The molecule has 0 aliphatic carbocycles. The van der Waals surface area contributed by atoms with Gasteiger partial charge >= 0.3 is 0 Å². The second-order valence-corrected chi connectivity index (χ2v) is 8.26. The van der Waals surface area contributed by atoms with Crippen molar-refractivity contribution in [1.29, 1.82) is 0 Å². The minimum atomic E-state index is -1.05. The molecule has 1 saturated heterocycles. The van der Waals surface area contributed by atoms with Crippen molar-refractivity contribution >= 4 is 11.7 Å². The van der Waals surface area contributed by atoms with Crippen molar-refractivity contribution in [3.63, 3.8) is 0 Å². The largest absolute Gasteiger partial charge is 0.478 e. The maximum Gasteiger partial charge on any atom is 0.266 e. The number of hydrogen-bond acceptors (Lipinski definition) is 4. The van der Waals surface area contributed by atoms with E-state index in [1.54, 1.807) is 23.1 Å². The summed E-state index contributed by atoms with van der Waals surface area (Å²) in [5.41, 5.74) is 1.24. The molecule has 2 aromatic rings. The van der Waals surface area contributed by atoms with Crippen LogP contribution in [0.25, 0.3) is 0 Å². The van der Waals surface area contributed by atoms with Crippen LogP contribution in [0, 0.1) is 12.3 Å². The van der Waals surface area contributed by atoms with Crippen molar-refractivity contribution in [2.45, 2.75) is 44.9 Å². The van der Waals surface area contributed by atoms with Gasteiger partial charge in [0.15, 0.2) is 6.10 Å². The first-order chi connectivity index (χ1) is 14.4. The summed E-state index contributed by atoms with van der Waals surface area (Å²) >= 11 is 0. The van der Waals surface area contributed by atoms with Crippen LogP contribution in [0.5, 0.6) is 5.75 Å². The van der Waals surface area contributed by atoms with Crippen LogP contribution in [-0.4, -0.2) is 46.5 Å². The molecule has 156 valence electrons. The van der Waals surface area contributed by atoms with Gasteiger partial charge in [0.1, 0.15) is 17.6 Å². The number of aliphatic hydroxyl groups is 1. The average molecular weight is 405 g/mol. The normalized spacial score (nSPS) is 27.8. The Labute approximate surface area is 177 Å². The SMILES string of the molecule is CC(=O)[C@]1(CCc2ccc(C)cc2)C=CCN2C(=O)[C@H](Oc3ccccc3)[C@@H]2[C@@H]1O. The topological polar surface area (TPSA) is 66.8 Å². The highest BCUT2D eigenvalue weighted by atomic mass is 16.5. The highest BCUT2D eigenvalue weighted by Crippen LogP contribution is 2.41. The number of β-lactam (4-membered cyclic amide) rings is 1. The van der Waals surface area contributed by atoms with Crippen LogP contribution < -0.4 is 4.74 Å². The summed E-state index contributed by atoms with van der Waals surface area (Å²) < 4.78 is 5.92. The molecule has 2 aliphatic rings. The zero-order chi connectivity index (χ0) is 21.3. The first-order valence-electron chi connectivity index (χ1n) is 10.4. The van der Waals surface area contributed by atoms with Gasteiger partial charge in [-0.05, 0) is 44.4 Å². The number of nitrogens with zero attached hydrogens (tertiary/aromatic N) is 1. The van der Waals surface area contributed by atoms with E-state index in [1.807, 2.05) is 43.3 Å². The van der Waals surface area contributed by atoms with E-state index in [9.17, 15) is 14.7 Å². The van der Waals surface area contributed by atoms with Crippen molar-refractivity contribution in [2.75, 3.05) is 6.54 Å². The molecular weight excluding hydrogens is 378 g/mol. The van der Waals surface area contributed by atoms with Gasteiger partial charge in [0.05, 0.1) is 11.5 Å². The van der Waals surface area contributed by atoms with E-state index in [-0.39, 0.29) is 11.7 Å². The number of fused-ring (bicyclic) bond motifs is 1. The summed E-state index contributed by atoms with van der Waals surface area (Å²) in [5.74, 6) is 0.316. The third kappa shape index (κ3) is 3.54. The summed E-state index contributed by atoms with van der Waals surface area (Å²) in [7, 11) is 0. The van der Waals surface area contributed by atoms with Gasteiger partial charge in [-0.3, -0.25) is 9.59 Å². The van der Waals surface area contributed by atoms with E-state index in [1.165, 1.54) is 12.5 Å². The average Bonchev–Trinajstić information content (AvgIpc) is 2.88. The van der Waals surface area contributed by atoms with Gasteiger partial charge < -0.3 is 14.7 Å². The standard InChI is InChI=1S/C25H27NO4/c1-17-9-11-19(12-10-17)13-15-25(18(2)27)14-6-16-26-21(23(25)28)22(24(26)29)30-20-7-4-3-5-8-20/h3-12,14,21-23,28H,13,15-16H2,1-2H3/t21-,22-,23+,25-/m1/s1. The number of aliphatic hydroxyl groups excluding tert-OH is 1. The number of carbonyl (C=O) groups excluding carboxylic acids is 2. The molecule has 0 spiro atoms. The smallest absolute Gasteiger partial charge is 0.266 e. The van der Waals surface area contributed by atoms with Crippen LogP contribution in [0.1, 0.15) is 24.5 Å². The van der Waals surface area contributed by atoms with Gasteiger partial charge in [0.25, 0.3) is 5.91 Å². The third-order valence-corrected chi connectivity index (χ3v) is 6.37. The van der Waals surface area contributed by atoms with Crippen LogP contribution in [0.3, 0.4) is 0 Å². The lowest BCUT2D eigenvalue weighted by Gasteiger charge is -2.50. The Balaban J connectivity index is 1.58. The number of rotatable bonds is 6. The molecule has 1 fully saturated rings. The Kier molecular flexibility index (Phi) is 5.48. The van der Waals surface area contributed by atoms with E-state index in [0.29, 0.717) is 25.1 Å². The molecule has 2 aromatic carbocycles. The van der Waals surface area contributed by atoms with E-state index in [0.717, 1.165) is 5.56 Å². The molecule has 30 heavy (non-hydrogen) atoms. The molecule has 1 amide bonds. The molecule has 1 N–H and O–H groups in total. The van der Waals surface area contributed by atoms with Crippen LogP contribution in [0.2, 0.25) is 0 Å². The summed E-state index contributed by atoms with van der Waals surface area (Å²) in [4.78, 5) is 27.1. The number of benzene rings is 2. The van der Waals surface area contributed by atoms with Gasteiger partial charge in [0, 0.05) is 6.54 Å². The first kappa shape index (κ1) is 20.4. The monoisotopic (exact) mass is 405 g/mol. The molecule has 0 saturated carbocycles. The second kappa shape index (κ2) is 8.07.